The summed E-state index contributed by atoms with van der Waals surface area (Å²) in [6, 6.07) is 12.5. The summed E-state index contributed by atoms with van der Waals surface area (Å²) < 4.78 is 5.99. The molecule has 30 heavy (non-hydrogen) atoms. The van der Waals surface area contributed by atoms with E-state index in [1.54, 1.807) is 55.5 Å². The number of furan rings is 1. The molecule has 2 aromatic heterocycles. The number of thiophene rings is 1. The molecule has 0 saturated heterocycles. The van der Waals surface area contributed by atoms with Crippen molar-refractivity contribution in [3.05, 3.63) is 69.2 Å². The fraction of sp³-hybridized carbons (Fsp3) is 0.150. The largest absolute Gasteiger partial charge is 0.467 e. The highest BCUT2D eigenvalue weighted by Gasteiger charge is 2.18. The average Bonchev–Trinajstić information content (AvgIpc) is 3.39. The Hall–Kier alpha value is -3.11. The standard InChI is InChI=1S/C20H19BrN4O4S/c1-12(23-19(27)16-8-9-17(21)30-16)18(26)24-13-4-6-14(7-5-13)25-20(28)22-11-15-3-2-10-29-15/h2-10,12H,11H2,1H3,(H,23,27)(H,24,26)(H2,22,25,28). The number of amides is 4. The molecule has 0 saturated carbocycles. The van der Waals surface area contributed by atoms with Crippen LogP contribution in [0, 0.1) is 0 Å². The highest BCUT2D eigenvalue weighted by atomic mass is 79.9. The number of carbonyl (C=O) groups is 3. The first-order valence-electron chi connectivity index (χ1n) is 8.95. The topological polar surface area (TPSA) is 112 Å². The molecule has 4 amide bonds. The number of hydrogen-bond acceptors (Lipinski definition) is 5. The molecule has 0 aliphatic carbocycles. The van der Waals surface area contributed by atoms with E-state index in [2.05, 4.69) is 37.2 Å². The Balaban J connectivity index is 1.46. The highest BCUT2D eigenvalue weighted by Crippen LogP contribution is 2.22. The zero-order valence-electron chi connectivity index (χ0n) is 15.9. The molecule has 156 valence electrons. The first-order valence-corrected chi connectivity index (χ1v) is 10.6. The van der Waals surface area contributed by atoms with Crippen LogP contribution in [-0.4, -0.2) is 23.9 Å². The number of nitrogens with one attached hydrogen (secondary N) is 4. The van der Waals surface area contributed by atoms with E-state index >= 15 is 0 Å². The lowest BCUT2D eigenvalue weighted by Crippen LogP contribution is -2.41. The summed E-state index contributed by atoms with van der Waals surface area (Å²) >= 11 is 4.59. The predicted octanol–water partition coefficient (Wildman–Crippen LogP) is 4.18. The third kappa shape index (κ3) is 6.19. The van der Waals surface area contributed by atoms with E-state index in [-0.39, 0.29) is 24.4 Å². The molecule has 0 bridgehead atoms. The van der Waals surface area contributed by atoms with Crippen molar-refractivity contribution in [2.45, 2.75) is 19.5 Å². The Morgan fingerprint density at radius 3 is 2.33 bits per heavy atom. The van der Waals surface area contributed by atoms with Gasteiger partial charge in [0, 0.05) is 11.4 Å². The fourth-order valence-corrected chi connectivity index (χ4v) is 3.70. The van der Waals surface area contributed by atoms with Gasteiger partial charge in [-0.3, -0.25) is 9.59 Å². The van der Waals surface area contributed by atoms with Gasteiger partial charge >= 0.3 is 6.03 Å². The van der Waals surface area contributed by atoms with Crippen LogP contribution in [0.15, 0.2) is 63.0 Å². The van der Waals surface area contributed by atoms with Crippen molar-refractivity contribution in [3.63, 3.8) is 0 Å². The molecular formula is C20H19BrN4O4S. The lowest BCUT2D eigenvalue weighted by atomic mass is 10.2. The third-order valence-electron chi connectivity index (χ3n) is 3.95. The maximum Gasteiger partial charge on any atom is 0.319 e. The number of rotatable bonds is 7. The Kier molecular flexibility index (Phi) is 7.26. The first kappa shape index (κ1) is 21.6. The van der Waals surface area contributed by atoms with Crippen molar-refractivity contribution in [2.24, 2.45) is 0 Å². The molecule has 1 aromatic carbocycles. The van der Waals surface area contributed by atoms with E-state index in [1.165, 1.54) is 17.6 Å². The molecule has 4 N–H and O–H groups in total. The Labute approximate surface area is 185 Å². The minimum absolute atomic E-state index is 0.277. The van der Waals surface area contributed by atoms with Crippen molar-refractivity contribution < 1.29 is 18.8 Å². The molecule has 0 aliphatic heterocycles. The lowest BCUT2D eigenvalue weighted by Gasteiger charge is -2.14. The zero-order chi connectivity index (χ0) is 21.5. The molecule has 3 aromatic rings. The predicted molar refractivity (Wildman–Crippen MR) is 119 cm³/mol. The van der Waals surface area contributed by atoms with Gasteiger partial charge in [0.2, 0.25) is 5.91 Å². The van der Waals surface area contributed by atoms with Crippen LogP contribution in [0.3, 0.4) is 0 Å². The number of hydrogen-bond donors (Lipinski definition) is 4. The van der Waals surface area contributed by atoms with Crippen LogP contribution in [-0.2, 0) is 11.3 Å². The van der Waals surface area contributed by atoms with Crippen LogP contribution >= 0.6 is 27.3 Å². The van der Waals surface area contributed by atoms with Gasteiger partial charge in [-0.2, -0.15) is 0 Å². The van der Waals surface area contributed by atoms with Crippen LogP contribution < -0.4 is 21.3 Å². The van der Waals surface area contributed by atoms with Crippen LogP contribution in [0.4, 0.5) is 16.2 Å². The number of urea groups is 1. The van der Waals surface area contributed by atoms with E-state index in [1.807, 2.05) is 0 Å². The minimum atomic E-state index is -0.719. The number of carbonyl (C=O) groups excluding carboxylic acids is 3. The summed E-state index contributed by atoms with van der Waals surface area (Å²) in [5.41, 5.74) is 1.11. The van der Waals surface area contributed by atoms with Gasteiger partial charge in [0.1, 0.15) is 11.8 Å². The molecule has 0 aliphatic rings. The highest BCUT2D eigenvalue weighted by molar-refractivity contribution is 9.11. The SMILES string of the molecule is CC(NC(=O)c1ccc(Br)s1)C(=O)Nc1ccc(NC(=O)NCc2ccco2)cc1. The molecule has 0 fully saturated rings. The van der Waals surface area contributed by atoms with Crippen molar-refractivity contribution >= 4 is 56.5 Å². The monoisotopic (exact) mass is 490 g/mol. The molecule has 2 heterocycles. The van der Waals surface area contributed by atoms with Crippen molar-refractivity contribution in [1.82, 2.24) is 10.6 Å². The zero-order valence-corrected chi connectivity index (χ0v) is 18.3. The number of benzene rings is 1. The Morgan fingerprint density at radius 1 is 1.03 bits per heavy atom. The summed E-state index contributed by atoms with van der Waals surface area (Å²) in [4.78, 5) is 36.9. The van der Waals surface area contributed by atoms with Gasteiger partial charge in [-0.25, -0.2) is 4.79 Å². The van der Waals surface area contributed by atoms with Crippen LogP contribution in [0.25, 0.3) is 0 Å². The molecule has 1 unspecified atom stereocenters. The molecule has 8 nitrogen and oxygen atoms in total. The van der Waals surface area contributed by atoms with Crippen LogP contribution in [0.1, 0.15) is 22.4 Å². The maximum absolute atomic E-state index is 12.3. The van der Waals surface area contributed by atoms with Crippen LogP contribution in [0.2, 0.25) is 0 Å². The van der Waals surface area contributed by atoms with Gasteiger partial charge in [-0.05, 0) is 71.4 Å². The summed E-state index contributed by atoms with van der Waals surface area (Å²) in [6.45, 7) is 1.88. The van der Waals surface area contributed by atoms with Gasteiger partial charge in [0.15, 0.2) is 0 Å². The van der Waals surface area contributed by atoms with Crippen molar-refractivity contribution in [2.75, 3.05) is 10.6 Å². The Morgan fingerprint density at radius 2 is 1.73 bits per heavy atom. The number of anilines is 2. The maximum atomic E-state index is 12.3. The molecule has 1 atom stereocenters. The van der Waals surface area contributed by atoms with E-state index in [4.69, 9.17) is 4.42 Å². The molecule has 0 spiro atoms. The second kappa shape index (κ2) is 10.1. The number of halogens is 1. The average molecular weight is 491 g/mol. The van der Waals surface area contributed by atoms with Gasteiger partial charge in [-0.15, -0.1) is 11.3 Å². The van der Waals surface area contributed by atoms with Crippen molar-refractivity contribution in [3.8, 4) is 0 Å². The molecular weight excluding hydrogens is 472 g/mol. The van der Waals surface area contributed by atoms with E-state index < -0.39 is 6.04 Å². The van der Waals surface area contributed by atoms with Crippen molar-refractivity contribution in [1.29, 1.82) is 0 Å². The van der Waals surface area contributed by atoms with Gasteiger partial charge in [0.25, 0.3) is 5.91 Å². The summed E-state index contributed by atoms with van der Waals surface area (Å²) in [5.74, 6) is -0.0135. The van der Waals surface area contributed by atoms with E-state index in [9.17, 15) is 14.4 Å². The summed E-state index contributed by atoms with van der Waals surface area (Å²) in [6.07, 6.45) is 1.54. The third-order valence-corrected chi connectivity index (χ3v) is 5.57. The molecule has 0 radical (unpaired) electrons. The summed E-state index contributed by atoms with van der Waals surface area (Å²) in [5, 5.41) is 10.7. The Bertz CT molecular complexity index is 1020. The second-order valence-electron chi connectivity index (χ2n) is 6.25. The molecule has 10 heteroatoms. The van der Waals surface area contributed by atoms with Crippen LogP contribution in [0.5, 0.6) is 0 Å². The lowest BCUT2D eigenvalue weighted by molar-refractivity contribution is -0.117. The minimum Gasteiger partial charge on any atom is -0.467 e. The van der Waals surface area contributed by atoms with Gasteiger partial charge in [0.05, 0.1) is 21.5 Å². The van der Waals surface area contributed by atoms with E-state index in [0.717, 1.165) is 3.79 Å². The smallest absolute Gasteiger partial charge is 0.319 e. The summed E-state index contributed by atoms with van der Waals surface area (Å²) in [7, 11) is 0. The normalized spacial score (nSPS) is 11.4. The quantitative estimate of drug-likeness (QED) is 0.397. The van der Waals surface area contributed by atoms with Gasteiger partial charge in [-0.1, -0.05) is 0 Å². The van der Waals surface area contributed by atoms with Gasteiger partial charge < -0.3 is 25.7 Å². The van der Waals surface area contributed by atoms with E-state index in [0.29, 0.717) is 22.0 Å². The second-order valence-corrected chi connectivity index (χ2v) is 8.72. The molecule has 3 rings (SSSR count). The first-order chi connectivity index (χ1) is 14.4. The fourth-order valence-electron chi connectivity index (χ4n) is 2.41.